The maximum Gasteiger partial charge on any atom is 0.0476 e. The van der Waals surface area contributed by atoms with E-state index in [1.807, 2.05) is 0 Å². The summed E-state index contributed by atoms with van der Waals surface area (Å²) in [6.07, 6.45) is 4.25. The maximum absolute atomic E-state index is 3.53. The van der Waals surface area contributed by atoms with Crippen molar-refractivity contribution in [2.75, 3.05) is 11.9 Å². The molecule has 1 aliphatic rings. The zero-order chi connectivity index (χ0) is 9.97. The lowest BCUT2D eigenvalue weighted by molar-refractivity contribution is 0.333. The Morgan fingerprint density at radius 2 is 2.21 bits per heavy atom. The van der Waals surface area contributed by atoms with Gasteiger partial charge in [-0.05, 0) is 66.0 Å². The van der Waals surface area contributed by atoms with Crippen molar-refractivity contribution >= 4 is 28.3 Å². The summed E-state index contributed by atoms with van der Waals surface area (Å²) in [7, 11) is 0. The molecule has 2 rings (SSSR count). The van der Waals surface area contributed by atoms with Gasteiger partial charge in [-0.15, -0.1) is 0 Å². The number of anilines is 1. The lowest BCUT2D eigenvalue weighted by Crippen LogP contribution is -2.21. The van der Waals surface area contributed by atoms with Crippen LogP contribution >= 0.6 is 22.6 Å². The van der Waals surface area contributed by atoms with E-state index in [-0.39, 0.29) is 0 Å². The quantitative estimate of drug-likeness (QED) is 0.837. The molecule has 2 heteroatoms. The van der Waals surface area contributed by atoms with E-state index >= 15 is 0 Å². The molecule has 0 bridgehead atoms. The van der Waals surface area contributed by atoms with Crippen LogP contribution in [0.15, 0.2) is 18.2 Å². The molecule has 0 saturated heterocycles. The second-order valence-corrected chi connectivity index (χ2v) is 5.32. The summed E-state index contributed by atoms with van der Waals surface area (Å²) in [6, 6.07) is 6.59. The molecule has 0 radical (unpaired) electrons. The third-order valence-electron chi connectivity index (χ3n) is 2.93. The highest BCUT2D eigenvalue weighted by molar-refractivity contribution is 14.1. The predicted molar refractivity (Wildman–Crippen MR) is 69.7 cm³/mol. The third-order valence-corrected chi connectivity index (χ3v) is 3.82. The molecule has 1 N–H and O–H groups in total. The molecule has 14 heavy (non-hydrogen) atoms. The van der Waals surface area contributed by atoms with Crippen LogP contribution in [0.4, 0.5) is 5.69 Å². The average Bonchev–Trinajstić information content (AvgIpc) is 2.05. The molecular weight excluding hydrogens is 285 g/mol. The van der Waals surface area contributed by atoms with Crippen molar-refractivity contribution < 1.29 is 0 Å². The highest BCUT2D eigenvalue weighted by atomic mass is 127. The molecule has 0 heterocycles. The smallest absolute Gasteiger partial charge is 0.0476 e. The van der Waals surface area contributed by atoms with Crippen LogP contribution in [0.1, 0.15) is 24.8 Å². The molecule has 0 aromatic heterocycles. The van der Waals surface area contributed by atoms with Gasteiger partial charge in [0.15, 0.2) is 0 Å². The van der Waals surface area contributed by atoms with Crippen LogP contribution in [-0.4, -0.2) is 6.54 Å². The van der Waals surface area contributed by atoms with Crippen LogP contribution in [0, 0.1) is 16.4 Å². The van der Waals surface area contributed by atoms with Gasteiger partial charge in [-0.2, -0.15) is 0 Å². The third kappa shape index (κ3) is 2.41. The summed E-state index contributed by atoms with van der Waals surface area (Å²) in [4.78, 5) is 0. The Balaban J connectivity index is 1.94. The standard InChI is InChI=1S/C12H16IN/c1-9-5-6-12(11(13)7-9)14-8-10-3-2-4-10/h5-7,10,14H,2-4,8H2,1H3. The van der Waals surface area contributed by atoms with Crippen molar-refractivity contribution in [3.8, 4) is 0 Å². The Morgan fingerprint density at radius 1 is 1.43 bits per heavy atom. The van der Waals surface area contributed by atoms with Crippen molar-refractivity contribution in [1.82, 2.24) is 0 Å². The number of nitrogens with one attached hydrogen (secondary N) is 1. The zero-order valence-electron chi connectivity index (χ0n) is 8.52. The molecular formula is C12H16IN. The summed E-state index contributed by atoms with van der Waals surface area (Å²) in [5, 5.41) is 3.53. The van der Waals surface area contributed by atoms with Gasteiger partial charge in [-0.25, -0.2) is 0 Å². The summed E-state index contributed by atoms with van der Waals surface area (Å²) in [6.45, 7) is 3.29. The second kappa shape index (κ2) is 4.51. The summed E-state index contributed by atoms with van der Waals surface area (Å²) in [5.74, 6) is 0.923. The molecule has 1 aromatic rings. The van der Waals surface area contributed by atoms with E-state index in [4.69, 9.17) is 0 Å². The fourth-order valence-electron chi connectivity index (χ4n) is 1.71. The van der Waals surface area contributed by atoms with Gasteiger partial charge in [-0.1, -0.05) is 12.5 Å². The van der Waals surface area contributed by atoms with Crippen LogP contribution in [-0.2, 0) is 0 Å². The first kappa shape index (κ1) is 10.3. The van der Waals surface area contributed by atoms with Gasteiger partial charge in [0, 0.05) is 15.8 Å². The van der Waals surface area contributed by atoms with E-state index in [9.17, 15) is 0 Å². The SMILES string of the molecule is Cc1ccc(NCC2CCC2)c(I)c1. The lowest BCUT2D eigenvalue weighted by Gasteiger charge is -2.26. The van der Waals surface area contributed by atoms with Gasteiger partial charge >= 0.3 is 0 Å². The minimum Gasteiger partial charge on any atom is -0.384 e. The van der Waals surface area contributed by atoms with Crippen molar-refractivity contribution in [3.05, 3.63) is 27.3 Å². The first-order valence-electron chi connectivity index (χ1n) is 5.26. The predicted octanol–water partition coefficient (Wildman–Crippen LogP) is 3.81. The normalized spacial score (nSPS) is 16.4. The zero-order valence-corrected chi connectivity index (χ0v) is 10.7. The highest BCUT2D eigenvalue weighted by Gasteiger charge is 2.16. The van der Waals surface area contributed by atoms with Gasteiger partial charge < -0.3 is 5.32 Å². The van der Waals surface area contributed by atoms with E-state index < -0.39 is 0 Å². The fraction of sp³-hybridized carbons (Fsp3) is 0.500. The topological polar surface area (TPSA) is 12.0 Å². The Labute approximate surface area is 99.4 Å². The van der Waals surface area contributed by atoms with Gasteiger partial charge in [0.05, 0.1) is 0 Å². The fourth-order valence-corrected chi connectivity index (χ4v) is 2.58. The van der Waals surface area contributed by atoms with Crippen molar-refractivity contribution in [2.45, 2.75) is 26.2 Å². The number of hydrogen-bond donors (Lipinski definition) is 1. The molecule has 1 saturated carbocycles. The minimum atomic E-state index is 0.923. The highest BCUT2D eigenvalue weighted by Crippen LogP contribution is 2.27. The average molecular weight is 301 g/mol. The minimum absolute atomic E-state index is 0.923. The van der Waals surface area contributed by atoms with Gasteiger partial charge in [0.25, 0.3) is 0 Å². The van der Waals surface area contributed by atoms with E-state index in [0.29, 0.717) is 0 Å². The van der Waals surface area contributed by atoms with Crippen LogP contribution < -0.4 is 5.32 Å². The molecule has 1 aliphatic carbocycles. The first-order valence-corrected chi connectivity index (χ1v) is 6.33. The van der Waals surface area contributed by atoms with Crippen molar-refractivity contribution in [1.29, 1.82) is 0 Å². The van der Waals surface area contributed by atoms with E-state index in [0.717, 1.165) is 12.5 Å². The molecule has 76 valence electrons. The molecule has 0 aliphatic heterocycles. The molecule has 0 atom stereocenters. The second-order valence-electron chi connectivity index (χ2n) is 4.16. The number of hydrogen-bond acceptors (Lipinski definition) is 1. The molecule has 1 nitrogen and oxygen atoms in total. The van der Waals surface area contributed by atoms with Crippen LogP contribution in [0.25, 0.3) is 0 Å². The molecule has 0 amide bonds. The summed E-state index contributed by atoms with van der Waals surface area (Å²) < 4.78 is 1.34. The summed E-state index contributed by atoms with van der Waals surface area (Å²) >= 11 is 2.40. The van der Waals surface area contributed by atoms with E-state index in [1.165, 1.54) is 34.1 Å². The maximum atomic E-state index is 3.53. The summed E-state index contributed by atoms with van der Waals surface area (Å²) in [5.41, 5.74) is 2.63. The van der Waals surface area contributed by atoms with E-state index in [2.05, 4.69) is 53.0 Å². The van der Waals surface area contributed by atoms with E-state index in [1.54, 1.807) is 0 Å². The Morgan fingerprint density at radius 3 is 2.79 bits per heavy atom. The van der Waals surface area contributed by atoms with Crippen molar-refractivity contribution in [2.24, 2.45) is 5.92 Å². The van der Waals surface area contributed by atoms with Crippen molar-refractivity contribution in [3.63, 3.8) is 0 Å². The molecule has 1 fully saturated rings. The van der Waals surface area contributed by atoms with Crippen LogP contribution in [0.2, 0.25) is 0 Å². The Bertz CT molecular complexity index is 318. The Kier molecular flexibility index (Phi) is 3.31. The van der Waals surface area contributed by atoms with Gasteiger partial charge in [0.2, 0.25) is 0 Å². The van der Waals surface area contributed by atoms with Gasteiger partial charge in [0.1, 0.15) is 0 Å². The number of rotatable bonds is 3. The first-order chi connectivity index (χ1) is 6.75. The van der Waals surface area contributed by atoms with Crippen LogP contribution in [0.5, 0.6) is 0 Å². The Hall–Kier alpha value is -0.250. The lowest BCUT2D eigenvalue weighted by atomic mass is 9.85. The number of aryl methyl sites for hydroxylation is 1. The van der Waals surface area contributed by atoms with Crippen LogP contribution in [0.3, 0.4) is 0 Å². The van der Waals surface area contributed by atoms with Gasteiger partial charge in [-0.3, -0.25) is 0 Å². The monoisotopic (exact) mass is 301 g/mol. The largest absolute Gasteiger partial charge is 0.384 e. The molecule has 0 spiro atoms. The molecule has 0 unspecified atom stereocenters. The molecule has 1 aromatic carbocycles. The number of benzene rings is 1. The number of halogens is 1.